The molecule has 0 aliphatic heterocycles. The molecule has 22 heavy (non-hydrogen) atoms. The molecule has 1 aliphatic rings. The van der Waals surface area contributed by atoms with Crippen molar-refractivity contribution in [1.29, 1.82) is 0 Å². The Bertz CT molecular complexity index is 901. The summed E-state index contributed by atoms with van der Waals surface area (Å²) in [6.45, 7) is 0.522. The van der Waals surface area contributed by atoms with Crippen molar-refractivity contribution in [2.24, 2.45) is 0 Å². The van der Waals surface area contributed by atoms with Gasteiger partial charge in [-0.15, -0.1) is 0 Å². The molecule has 0 radical (unpaired) electrons. The smallest absolute Gasteiger partial charge is 0.261 e. The lowest BCUT2D eigenvalue weighted by Gasteiger charge is -2.13. The second kappa shape index (κ2) is 5.32. The Kier molecular flexibility index (Phi) is 3.30. The summed E-state index contributed by atoms with van der Waals surface area (Å²) < 4.78 is 2.70. The maximum Gasteiger partial charge on any atom is 0.261 e. The molecule has 0 saturated heterocycles. The number of aromatic nitrogens is 3. The zero-order valence-corrected chi connectivity index (χ0v) is 13.5. The molecule has 110 valence electrons. The maximum absolute atomic E-state index is 12.9. The Morgan fingerprint density at radius 3 is 2.86 bits per heavy atom. The van der Waals surface area contributed by atoms with E-state index in [1.165, 1.54) is 0 Å². The number of fused-ring (bicyclic) bond motifs is 1. The number of pyridine rings is 1. The topological polar surface area (TPSA) is 47.8 Å². The van der Waals surface area contributed by atoms with Crippen LogP contribution in [0.2, 0.25) is 0 Å². The minimum absolute atomic E-state index is 0.0250. The van der Waals surface area contributed by atoms with Gasteiger partial charge >= 0.3 is 0 Å². The highest BCUT2D eigenvalue weighted by molar-refractivity contribution is 9.10. The van der Waals surface area contributed by atoms with Crippen LogP contribution in [0.3, 0.4) is 0 Å². The third-order valence-corrected chi connectivity index (χ3v) is 4.44. The molecule has 3 aromatic rings. The third kappa shape index (κ3) is 2.46. The number of halogens is 1. The van der Waals surface area contributed by atoms with E-state index in [1.54, 1.807) is 12.4 Å². The molecule has 1 saturated carbocycles. The van der Waals surface area contributed by atoms with E-state index in [0.717, 1.165) is 34.2 Å². The van der Waals surface area contributed by atoms with Gasteiger partial charge < -0.3 is 0 Å². The van der Waals surface area contributed by atoms with Gasteiger partial charge in [0.25, 0.3) is 5.56 Å². The second-order valence-corrected chi connectivity index (χ2v) is 6.57. The maximum atomic E-state index is 12.9. The lowest BCUT2D eigenvalue weighted by Crippen LogP contribution is -2.25. The van der Waals surface area contributed by atoms with Gasteiger partial charge in [-0.25, -0.2) is 4.98 Å². The predicted molar refractivity (Wildman–Crippen MR) is 89.0 cm³/mol. The van der Waals surface area contributed by atoms with Crippen LogP contribution in [0.1, 0.15) is 30.1 Å². The number of benzene rings is 1. The number of hydrogen-bond donors (Lipinski definition) is 0. The van der Waals surface area contributed by atoms with Gasteiger partial charge in [0.15, 0.2) is 0 Å². The van der Waals surface area contributed by atoms with E-state index < -0.39 is 0 Å². The van der Waals surface area contributed by atoms with Gasteiger partial charge in [0.05, 0.1) is 17.4 Å². The first-order valence-electron chi connectivity index (χ1n) is 7.31. The molecule has 0 spiro atoms. The summed E-state index contributed by atoms with van der Waals surface area (Å²) >= 11 is 3.43. The molecule has 0 atom stereocenters. The van der Waals surface area contributed by atoms with Crippen molar-refractivity contribution in [2.45, 2.75) is 25.3 Å². The summed E-state index contributed by atoms with van der Waals surface area (Å²) in [5, 5.41) is 0.655. The van der Waals surface area contributed by atoms with E-state index in [9.17, 15) is 4.79 Å². The Hall–Kier alpha value is -2.01. The van der Waals surface area contributed by atoms with Crippen molar-refractivity contribution < 1.29 is 0 Å². The molecule has 1 fully saturated rings. The zero-order valence-electron chi connectivity index (χ0n) is 11.9. The fourth-order valence-corrected chi connectivity index (χ4v) is 3.05. The van der Waals surface area contributed by atoms with Gasteiger partial charge in [0.2, 0.25) is 0 Å². The average molecular weight is 356 g/mol. The highest BCUT2D eigenvalue weighted by Gasteiger charge is 2.29. The van der Waals surface area contributed by atoms with Crippen LogP contribution >= 0.6 is 15.9 Å². The summed E-state index contributed by atoms with van der Waals surface area (Å²) in [5.74, 6) is 1.32. The van der Waals surface area contributed by atoms with Crippen molar-refractivity contribution in [3.63, 3.8) is 0 Å². The van der Waals surface area contributed by atoms with Crippen molar-refractivity contribution >= 4 is 26.8 Å². The molecule has 0 N–H and O–H groups in total. The molecule has 1 aliphatic carbocycles. The van der Waals surface area contributed by atoms with E-state index in [-0.39, 0.29) is 5.56 Å². The van der Waals surface area contributed by atoms with Crippen LogP contribution in [0.25, 0.3) is 10.9 Å². The lowest BCUT2D eigenvalue weighted by atomic mass is 10.2. The fourth-order valence-electron chi connectivity index (χ4n) is 2.69. The molecule has 0 unspecified atom stereocenters. The molecule has 2 aromatic heterocycles. The van der Waals surface area contributed by atoms with Crippen molar-refractivity contribution in [2.75, 3.05) is 0 Å². The first-order chi connectivity index (χ1) is 10.7. The van der Waals surface area contributed by atoms with Crippen molar-refractivity contribution in [1.82, 2.24) is 14.5 Å². The molecule has 4 rings (SSSR count). The molecule has 4 nitrogen and oxygen atoms in total. The first kappa shape index (κ1) is 13.6. The van der Waals surface area contributed by atoms with Gasteiger partial charge in [-0.2, -0.15) is 0 Å². The van der Waals surface area contributed by atoms with E-state index in [2.05, 4.69) is 20.9 Å². The molecule has 0 amide bonds. The van der Waals surface area contributed by atoms with Gasteiger partial charge in [0.1, 0.15) is 5.82 Å². The Labute approximate surface area is 136 Å². The number of hydrogen-bond acceptors (Lipinski definition) is 3. The predicted octanol–water partition coefficient (Wildman–Crippen LogP) is 3.48. The molecular formula is C17H14BrN3O. The molecular weight excluding hydrogens is 342 g/mol. The zero-order chi connectivity index (χ0) is 15.1. The summed E-state index contributed by atoms with van der Waals surface area (Å²) in [5.41, 5.74) is 1.82. The van der Waals surface area contributed by atoms with Crippen LogP contribution in [0.15, 0.2) is 52.0 Å². The largest absolute Gasteiger partial charge is 0.291 e. The van der Waals surface area contributed by atoms with Crippen molar-refractivity contribution in [3.05, 3.63) is 68.9 Å². The lowest BCUT2D eigenvalue weighted by molar-refractivity contribution is 0.679. The molecule has 5 heteroatoms. The Morgan fingerprint density at radius 2 is 2.14 bits per heavy atom. The Morgan fingerprint density at radius 1 is 1.27 bits per heavy atom. The molecule has 0 bridgehead atoms. The second-order valence-electron chi connectivity index (χ2n) is 5.66. The van der Waals surface area contributed by atoms with Crippen molar-refractivity contribution in [3.8, 4) is 0 Å². The summed E-state index contributed by atoms with van der Waals surface area (Å²) in [4.78, 5) is 21.8. The van der Waals surface area contributed by atoms with E-state index >= 15 is 0 Å². The molecule has 1 aromatic carbocycles. The van der Waals surface area contributed by atoms with E-state index in [4.69, 9.17) is 4.98 Å². The van der Waals surface area contributed by atoms with Crippen LogP contribution in [-0.4, -0.2) is 14.5 Å². The fraction of sp³-hybridized carbons (Fsp3) is 0.235. The standard InChI is InChI=1S/C17H14BrN3O/c18-13-5-6-15-14(8-13)17(22)21(16(20-15)12-3-4-12)10-11-2-1-7-19-9-11/h1-2,5-9,12H,3-4,10H2. The third-order valence-electron chi connectivity index (χ3n) is 3.95. The van der Waals surface area contributed by atoms with E-state index in [1.807, 2.05) is 34.9 Å². The SMILES string of the molecule is O=c1c2cc(Br)ccc2nc(C2CC2)n1Cc1cccnc1. The first-order valence-corrected chi connectivity index (χ1v) is 8.10. The normalized spacial score (nSPS) is 14.4. The van der Waals surface area contributed by atoms with Gasteiger partial charge in [-0.05, 0) is 42.7 Å². The highest BCUT2D eigenvalue weighted by Crippen LogP contribution is 2.39. The average Bonchev–Trinajstić information content (AvgIpc) is 3.36. The summed E-state index contributed by atoms with van der Waals surface area (Å²) in [6.07, 6.45) is 5.76. The minimum atomic E-state index is 0.0250. The summed E-state index contributed by atoms with van der Waals surface area (Å²) in [7, 11) is 0. The highest BCUT2D eigenvalue weighted by atomic mass is 79.9. The van der Waals surface area contributed by atoms with Crippen LogP contribution in [0.5, 0.6) is 0 Å². The van der Waals surface area contributed by atoms with Crippen LogP contribution in [0, 0.1) is 0 Å². The van der Waals surface area contributed by atoms with Gasteiger partial charge in [-0.1, -0.05) is 22.0 Å². The van der Waals surface area contributed by atoms with Crippen LogP contribution < -0.4 is 5.56 Å². The number of nitrogens with zero attached hydrogens (tertiary/aromatic N) is 3. The van der Waals surface area contributed by atoms with Crippen LogP contribution in [0.4, 0.5) is 0 Å². The van der Waals surface area contributed by atoms with Crippen LogP contribution in [-0.2, 0) is 6.54 Å². The Balaban J connectivity index is 1.92. The summed E-state index contributed by atoms with van der Waals surface area (Å²) in [6, 6.07) is 9.56. The van der Waals surface area contributed by atoms with Gasteiger partial charge in [0, 0.05) is 22.8 Å². The monoisotopic (exact) mass is 355 g/mol. The number of rotatable bonds is 3. The quantitative estimate of drug-likeness (QED) is 0.722. The van der Waals surface area contributed by atoms with E-state index in [0.29, 0.717) is 17.8 Å². The molecule has 2 heterocycles. The van der Waals surface area contributed by atoms with Gasteiger partial charge in [-0.3, -0.25) is 14.3 Å². The minimum Gasteiger partial charge on any atom is -0.291 e.